The van der Waals surface area contributed by atoms with Crippen molar-refractivity contribution in [3.63, 3.8) is 0 Å². The van der Waals surface area contributed by atoms with Gasteiger partial charge in [0.05, 0.1) is 22.1 Å². The summed E-state index contributed by atoms with van der Waals surface area (Å²) in [5.74, 6) is 1.90. The minimum atomic E-state index is 0.623. The van der Waals surface area contributed by atoms with Gasteiger partial charge < -0.3 is 13.6 Å². The molecule has 0 saturated carbocycles. The Balaban J connectivity index is 1.13. The van der Waals surface area contributed by atoms with Crippen LogP contribution in [0.1, 0.15) is 0 Å². The lowest BCUT2D eigenvalue weighted by molar-refractivity contribution is 0.671. The summed E-state index contributed by atoms with van der Waals surface area (Å²) in [6.07, 6.45) is 0. The molecule has 0 atom stereocenters. The zero-order valence-corrected chi connectivity index (χ0v) is 30.5. The maximum atomic E-state index is 6.73. The van der Waals surface area contributed by atoms with Gasteiger partial charge in [0.15, 0.2) is 23.1 Å². The third-order valence-corrected chi connectivity index (χ3v) is 11.2. The second kappa shape index (κ2) is 12.3. The molecule has 8 aromatic carbocycles. The number of rotatable bonds is 5. The second-order valence-corrected chi connectivity index (χ2v) is 14.4. The normalized spacial score (nSPS) is 11.9. The van der Waals surface area contributed by atoms with Crippen molar-refractivity contribution in [2.24, 2.45) is 0 Å². The lowest BCUT2D eigenvalue weighted by Gasteiger charge is -2.13. The Morgan fingerprint density at radius 3 is 1.42 bits per heavy atom. The van der Waals surface area contributed by atoms with Crippen molar-refractivity contribution >= 4 is 65.6 Å². The summed E-state index contributed by atoms with van der Waals surface area (Å²) in [5.41, 5.74) is 11.1. The predicted molar refractivity (Wildman–Crippen MR) is 232 cm³/mol. The smallest absolute Gasteiger partial charge is 0.164 e. The number of hydrogen-bond acceptors (Lipinski definition) is 4. The minimum absolute atomic E-state index is 0.623. The molecule has 12 aromatic rings. The molecule has 0 amide bonds. The SMILES string of the molecule is c1ccc(-c2nc(-c3ccccc3)nc(-c3ccc(-n4c5ccccc5c5ccc6c7ccc8c9ccccc9oc8c7n(-c7ccccc7)c6c54)cc3)n2)cc1. The van der Waals surface area contributed by atoms with Crippen LogP contribution in [0.4, 0.5) is 0 Å². The fraction of sp³-hybridized carbons (Fsp3) is 0. The minimum Gasteiger partial charge on any atom is -0.454 e. The van der Waals surface area contributed by atoms with Crippen LogP contribution >= 0.6 is 0 Å². The fourth-order valence-corrected chi connectivity index (χ4v) is 8.61. The Morgan fingerprint density at radius 2 is 0.772 bits per heavy atom. The summed E-state index contributed by atoms with van der Waals surface area (Å²) in [4.78, 5) is 14.9. The number of nitrogens with zero attached hydrogens (tertiary/aromatic N) is 5. The summed E-state index contributed by atoms with van der Waals surface area (Å²) in [6.45, 7) is 0. The van der Waals surface area contributed by atoms with E-state index in [1.165, 1.54) is 10.8 Å². The molecule has 57 heavy (non-hydrogen) atoms. The van der Waals surface area contributed by atoms with Crippen molar-refractivity contribution in [2.45, 2.75) is 0 Å². The predicted octanol–water partition coefficient (Wildman–Crippen LogP) is 13.0. The summed E-state index contributed by atoms with van der Waals surface area (Å²) in [6, 6.07) is 65.5. The van der Waals surface area contributed by atoms with E-state index in [0.29, 0.717) is 17.5 Å². The molecule has 0 fully saturated rings. The largest absolute Gasteiger partial charge is 0.454 e. The molecule has 266 valence electrons. The van der Waals surface area contributed by atoms with E-state index < -0.39 is 0 Å². The van der Waals surface area contributed by atoms with E-state index in [-0.39, 0.29) is 0 Å². The molecular weight excluding hydrogens is 699 g/mol. The highest BCUT2D eigenvalue weighted by atomic mass is 16.3. The molecule has 0 N–H and O–H groups in total. The van der Waals surface area contributed by atoms with Gasteiger partial charge in [0.2, 0.25) is 0 Å². The van der Waals surface area contributed by atoms with E-state index in [2.05, 4.69) is 130 Å². The van der Waals surface area contributed by atoms with E-state index in [9.17, 15) is 0 Å². The molecule has 4 aromatic heterocycles. The number of benzene rings is 8. The number of fused-ring (bicyclic) bond motifs is 11. The molecule has 6 nitrogen and oxygen atoms in total. The standard InChI is InChI=1S/C51H31N5O/c1-4-14-32(15-5-1)49-52-50(33-16-6-2-7-17-33)54-51(53-49)34-24-26-36(27-25-34)55-43-22-12-10-20-37(43)39-28-29-40-41-30-31-42-38-21-11-13-23-44(38)57-48(42)47(41)56(46(40)45(39)55)35-18-8-3-9-19-35/h1-31H. The molecule has 0 bridgehead atoms. The molecule has 0 spiro atoms. The van der Waals surface area contributed by atoms with E-state index in [4.69, 9.17) is 19.4 Å². The van der Waals surface area contributed by atoms with Crippen LogP contribution < -0.4 is 0 Å². The molecule has 0 saturated heterocycles. The van der Waals surface area contributed by atoms with Crippen LogP contribution in [0.25, 0.3) is 111 Å². The van der Waals surface area contributed by atoms with Gasteiger partial charge >= 0.3 is 0 Å². The van der Waals surface area contributed by atoms with Crippen molar-refractivity contribution in [3.05, 3.63) is 188 Å². The Bertz CT molecular complexity index is 3430. The van der Waals surface area contributed by atoms with Gasteiger partial charge in [-0.25, -0.2) is 15.0 Å². The molecule has 0 aliphatic heterocycles. The van der Waals surface area contributed by atoms with Crippen molar-refractivity contribution in [1.29, 1.82) is 0 Å². The first-order chi connectivity index (χ1) is 28.3. The Labute approximate surface area is 326 Å². The summed E-state index contributed by atoms with van der Waals surface area (Å²) < 4.78 is 11.5. The van der Waals surface area contributed by atoms with Crippen LogP contribution in [0.15, 0.2) is 192 Å². The first kappa shape index (κ1) is 31.5. The molecular formula is C51H31N5O. The Kier molecular flexibility index (Phi) is 6.83. The van der Waals surface area contributed by atoms with Crippen LogP contribution in [0.2, 0.25) is 0 Å². The molecule has 6 heteroatoms. The number of hydrogen-bond donors (Lipinski definition) is 0. The zero-order chi connectivity index (χ0) is 37.5. The number of furan rings is 1. The monoisotopic (exact) mass is 729 g/mol. The Morgan fingerprint density at radius 1 is 0.316 bits per heavy atom. The van der Waals surface area contributed by atoms with Crippen molar-refractivity contribution in [3.8, 4) is 45.5 Å². The highest BCUT2D eigenvalue weighted by molar-refractivity contribution is 6.27. The quantitative estimate of drug-likeness (QED) is 0.177. The maximum Gasteiger partial charge on any atom is 0.164 e. The van der Waals surface area contributed by atoms with Gasteiger partial charge in [0, 0.05) is 60.4 Å². The third kappa shape index (κ3) is 4.81. The van der Waals surface area contributed by atoms with Gasteiger partial charge in [-0.1, -0.05) is 133 Å². The second-order valence-electron chi connectivity index (χ2n) is 14.4. The van der Waals surface area contributed by atoms with Crippen molar-refractivity contribution in [1.82, 2.24) is 24.1 Å². The van der Waals surface area contributed by atoms with E-state index in [1.54, 1.807) is 0 Å². The average molecular weight is 730 g/mol. The lowest BCUT2D eigenvalue weighted by Crippen LogP contribution is -2.01. The first-order valence-electron chi connectivity index (χ1n) is 19.1. The van der Waals surface area contributed by atoms with Gasteiger partial charge in [-0.05, 0) is 54.6 Å². The molecule has 0 radical (unpaired) electrons. The number of aromatic nitrogens is 5. The van der Waals surface area contributed by atoms with Crippen LogP contribution in [0.5, 0.6) is 0 Å². The lowest BCUT2D eigenvalue weighted by atomic mass is 10.1. The van der Waals surface area contributed by atoms with Crippen molar-refractivity contribution in [2.75, 3.05) is 0 Å². The van der Waals surface area contributed by atoms with Gasteiger partial charge in [-0.3, -0.25) is 0 Å². The first-order valence-corrected chi connectivity index (χ1v) is 19.1. The van der Waals surface area contributed by atoms with E-state index in [1.807, 2.05) is 66.7 Å². The number of para-hydroxylation sites is 3. The van der Waals surface area contributed by atoms with E-state index in [0.717, 1.165) is 82.8 Å². The highest BCUT2D eigenvalue weighted by Crippen LogP contribution is 2.45. The van der Waals surface area contributed by atoms with Crippen molar-refractivity contribution < 1.29 is 4.42 Å². The fourth-order valence-electron chi connectivity index (χ4n) is 8.61. The van der Waals surface area contributed by atoms with Crippen LogP contribution in [-0.2, 0) is 0 Å². The Hall–Kier alpha value is -7.83. The summed E-state index contributed by atoms with van der Waals surface area (Å²) in [5, 5.41) is 6.90. The van der Waals surface area contributed by atoms with Gasteiger partial charge in [0.25, 0.3) is 0 Å². The summed E-state index contributed by atoms with van der Waals surface area (Å²) >= 11 is 0. The third-order valence-electron chi connectivity index (χ3n) is 11.2. The zero-order valence-electron chi connectivity index (χ0n) is 30.5. The topological polar surface area (TPSA) is 61.7 Å². The summed E-state index contributed by atoms with van der Waals surface area (Å²) in [7, 11) is 0. The molecule has 0 aliphatic carbocycles. The van der Waals surface area contributed by atoms with Gasteiger partial charge in [0.1, 0.15) is 5.58 Å². The van der Waals surface area contributed by atoms with Gasteiger partial charge in [-0.2, -0.15) is 0 Å². The highest BCUT2D eigenvalue weighted by Gasteiger charge is 2.24. The van der Waals surface area contributed by atoms with Gasteiger partial charge in [-0.15, -0.1) is 0 Å². The van der Waals surface area contributed by atoms with Crippen LogP contribution in [-0.4, -0.2) is 24.1 Å². The van der Waals surface area contributed by atoms with E-state index >= 15 is 0 Å². The van der Waals surface area contributed by atoms with Crippen LogP contribution in [0, 0.1) is 0 Å². The maximum absolute atomic E-state index is 6.73. The average Bonchev–Trinajstić information content (AvgIpc) is 3.95. The van der Waals surface area contributed by atoms with Crippen LogP contribution in [0.3, 0.4) is 0 Å². The molecule has 0 unspecified atom stereocenters. The molecule has 4 heterocycles. The molecule has 12 rings (SSSR count). The molecule has 0 aliphatic rings.